The van der Waals surface area contributed by atoms with Crippen LogP contribution in [0.15, 0.2) is 46.1 Å². The number of nitrogens with zero attached hydrogens (tertiary/aromatic N) is 2. The number of nitrogens with one attached hydrogen (secondary N) is 2. The van der Waals surface area contributed by atoms with Crippen molar-refractivity contribution in [2.45, 2.75) is 57.2 Å². The molecule has 0 bridgehead atoms. The van der Waals surface area contributed by atoms with Gasteiger partial charge < -0.3 is 18.9 Å². The third-order valence-electron chi connectivity index (χ3n) is 6.86. The number of aromatic nitrogens is 2. The van der Waals surface area contributed by atoms with Gasteiger partial charge >= 0.3 is 27.1 Å². The van der Waals surface area contributed by atoms with E-state index < -0.39 is 56.7 Å². The summed E-state index contributed by atoms with van der Waals surface area (Å²) >= 11 is 0. The molecule has 15 nitrogen and oxygen atoms in total. The molecule has 1 aliphatic heterocycles. The third-order valence-corrected chi connectivity index (χ3v) is 10.0. The summed E-state index contributed by atoms with van der Waals surface area (Å²) in [5, 5.41) is 13.3. The Hall–Kier alpha value is -3.21. The van der Waals surface area contributed by atoms with Gasteiger partial charge in [-0.2, -0.15) is 5.09 Å². The minimum absolute atomic E-state index is 0.117. The second-order valence-electron chi connectivity index (χ2n) is 10.6. The molecular weight excluding hydrogens is 616 g/mol. The van der Waals surface area contributed by atoms with Gasteiger partial charge in [0, 0.05) is 31.2 Å². The molecule has 1 aromatic heterocycles. The molecule has 5 rings (SSSR count). The fourth-order valence-electron chi connectivity index (χ4n) is 4.22. The van der Waals surface area contributed by atoms with E-state index in [4.69, 9.17) is 19.1 Å². The fourth-order valence-corrected chi connectivity index (χ4v) is 6.71. The number of hydrogen-bond acceptors (Lipinski definition) is 10. The quantitative estimate of drug-likeness (QED) is 0.119. The highest BCUT2D eigenvalue weighted by molar-refractivity contribution is 7.54. The van der Waals surface area contributed by atoms with Gasteiger partial charge in [0.05, 0.1) is 19.8 Å². The van der Waals surface area contributed by atoms with E-state index >= 15 is 0 Å². The predicted octanol–water partition coefficient (Wildman–Crippen LogP) is 2.08. The van der Waals surface area contributed by atoms with Gasteiger partial charge in [0.15, 0.2) is 0 Å². The molecule has 2 aromatic rings. The number of methoxy groups -OCH3 is 1. The molecule has 2 saturated carbocycles. The molecular formula is C27H37N5O10P2. The predicted molar refractivity (Wildman–Crippen MR) is 160 cm³/mol. The lowest BCUT2D eigenvalue weighted by atomic mass is 10.1. The van der Waals surface area contributed by atoms with Gasteiger partial charge in [-0.1, -0.05) is 37.5 Å². The van der Waals surface area contributed by atoms with Gasteiger partial charge in [-0.15, -0.1) is 0 Å². The minimum atomic E-state index is -4.13. The van der Waals surface area contributed by atoms with E-state index in [2.05, 4.69) is 26.8 Å². The van der Waals surface area contributed by atoms with E-state index in [0.29, 0.717) is 13.1 Å². The van der Waals surface area contributed by atoms with Gasteiger partial charge in [-0.05, 0) is 37.8 Å². The average molecular weight is 654 g/mol. The highest BCUT2D eigenvalue weighted by Crippen LogP contribution is 2.47. The van der Waals surface area contributed by atoms with Crippen LogP contribution in [0.2, 0.25) is 0 Å². The summed E-state index contributed by atoms with van der Waals surface area (Å²) in [7, 11) is -6.51. The van der Waals surface area contributed by atoms with Crippen molar-refractivity contribution >= 4 is 21.4 Å². The molecule has 0 radical (unpaired) electrons. The highest BCUT2D eigenvalue weighted by Gasteiger charge is 2.39. The lowest BCUT2D eigenvalue weighted by molar-refractivity contribution is -0.142. The van der Waals surface area contributed by atoms with E-state index in [1.807, 2.05) is 0 Å². The van der Waals surface area contributed by atoms with Gasteiger partial charge in [-0.3, -0.25) is 23.7 Å². The first-order valence-corrected chi connectivity index (χ1v) is 17.3. The first-order chi connectivity index (χ1) is 20.9. The first-order valence-electron chi connectivity index (χ1n) is 14.1. The largest absolute Gasteiger partial charge is 0.468 e. The molecule has 240 valence electrons. The number of aliphatic hydroxyl groups excluding tert-OH is 1. The topological polar surface area (TPSA) is 204 Å². The second-order valence-corrected chi connectivity index (χ2v) is 14.2. The Morgan fingerprint density at radius 2 is 1.86 bits per heavy atom. The number of carbonyl (C=O) groups is 1. The zero-order valence-electron chi connectivity index (χ0n) is 24.4. The molecule has 3 aliphatic rings. The maximum Gasteiger partial charge on any atom is 0.459 e. The SMILES string of the molecule is C1CC1.COC(=O)[C@H](C)NP(=O)(OCC1CC(n2cc(C#COP(N)(=O)N3CC3)c(=O)[nH]c2=O)C[C@@H]1O)Oc1ccccc1. The maximum atomic E-state index is 13.6. The summed E-state index contributed by atoms with van der Waals surface area (Å²) in [6.45, 7) is 2.22. The van der Waals surface area contributed by atoms with Gasteiger partial charge in [0.2, 0.25) is 0 Å². The Morgan fingerprint density at radius 1 is 1.18 bits per heavy atom. The van der Waals surface area contributed by atoms with Crippen LogP contribution in [-0.4, -0.2) is 64.2 Å². The zero-order chi connectivity index (χ0) is 31.9. The highest BCUT2D eigenvalue weighted by atomic mass is 31.2. The lowest BCUT2D eigenvalue weighted by Crippen LogP contribution is -2.35. The van der Waals surface area contributed by atoms with Crippen molar-refractivity contribution in [1.82, 2.24) is 19.3 Å². The van der Waals surface area contributed by atoms with Crippen molar-refractivity contribution in [3.05, 3.63) is 62.9 Å². The molecule has 0 spiro atoms. The van der Waals surface area contributed by atoms with Crippen LogP contribution in [-0.2, 0) is 27.7 Å². The normalized spacial score (nSPS) is 23.8. The number of aromatic amines is 1. The summed E-state index contributed by atoms with van der Waals surface area (Å²) in [5.41, 5.74) is 3.95. The van der Waals surface area contributed by atoms with Crippen LogP contribution >= 0.6 is 15.4 Å². The van der Waals surface area contributed by atoms with Crippen LogP contribution in [0, 0.1) is 17.9 Å². The fraction of sp³-hybridized carbons (Fsp3) is 0.519. The van der Waals surface area contributed by atoms with Crippen molar-refractivity contribution in [3.63, 3.8) is 0 Å². The number of nitrogens with two attached hydrogens (primary N) is 1. The van der Waals surface area contributed by atoms with Crippen LogP contribution in [0.5, 0.6) is 5.75 Å². The number of carbonyl (C=O) groups excluding carboxylic acids is 1. The number of esters is 1. The van der Waals surface area contributed by atoms with E-state index in [9.17, 15) is 28.6 Å². The van der Waals surface area contributed by atoms with Gasteiger partial charge in [-0.25, -0.2) is 24.1 Å². The van der Waals surface area contributed by atoms with Crippen LogP contribution in [0.1, 0.15) is 50.6 Å². The number of aliphatic hydroxyl groups is 1. The lowest BCUT2D eigenvalue weighted by Gasteiger charge is -2.24. The van der Waals surface area contributed by atoms with Crippen molar-refractivity contribution in [2.24, 2.45) is 11.4 Å². The summed E-state index contributed by atoms with van der Waals surface area (Å²) in [6.07, 6.45) is 7.26. The van der Waals surface area contributed by atoms with Crippen molar-refractivity contribution in [2.75, 3.05) is 26.8 Å². The number of para-hydroxylation sites is 1. The molecule has 5 N–H and O–H groups in total. The smallest absolute Gasteiger partial charge is 0.459 e. The minimum Gasteiger partial charge on any atom is -0.468 e. The number of ether oxygens (including phenoxy) is 1. The monoisotopic (exact) mass is 653 g/mol. The molecule has 1 aromatic carbocycles. The van der Waals surface area contributed by atoms with Crippen molar-refractivity contribution in [1.29, 1.82) is 0 Å². The van der Waals surface area contributed by atoms with Crippen molar-refractivity contribution < 1.29 is 37.3 Å². The molecule has 0 amide bonds. The molecule has 1 saturated heterocycles. The van der Waals surface area contributed by atoms with E-state index in [-0.39, 0.29) is 30.8 Å². The molecule has 2 aliphatic carbocycles. The Bertz CT molecular complexity index is 1580. The molecule has 3 fully saturated rings. The average Bonchev–Trinajstić information content (AvgIpc) is 3.89. The Kier molecular flexibility index (Phi) is 11.3. The third kappa shape index (κ3) is 9.64. The van der Waals surface area contributed by atoms with Crippen LogP contribution in [0.4, 0.5) is 0 Å². The van der Waals surface area contributed by atoms with E-state index in [1.54, 1.807) is 30.3 Å². The Labute approximate surface area is 254 Å². The first kappa shape index (κ1) is 33.7. The Balaban J connectivity index is 0.00000139. The van der Waals surface area contributed by atoms with Crippen LogP contribution in [0.3, 0.4) is 0 Å². The number of benzene rings is 1. The second kappa shape index (κ2) is 14.7. The summed E-state index contributed by atoms with van der Waals surface area (Å²) < 4.78 is 49.2. The summed E-state index contributed by atoms with van der Waals surface area (Å²) in [4.78, 5) is 38.9. The summed E-state index contributed by atoms with van der Waals surface area (Å²) in [6, 6.07) is 6.59. The number of H-pyrrole nitrogens is 1. The number of hydrogen-bond donors (Lipinski definition) is 4. The van der Waals surface area contributed by atoms with Gasteiger partial charge in [0.1, 0.15) is 23.5 Å². The van der Waals surface area contributed by atoms with Crippen LogP contribution in [0.25, 0.3) is 0 Å². The molecule has 44 heavy (non-hydrogen) atoms. The maximum absolute atomic E-state index is 13.6. The number of rotatable bonds is 11. The summed E-state index contributed by atoms with van der Waals surface area (Å²) in [5.74, 6) is 1.37. The standard InChI is InChI=1S/C24H31N5O10P2.C3H6/c1-16(23(32)36-2)27-41(35,39-20-6-4-3-5-7-20)38-15-18-12-19(13-21(18)30)29-14-17(22(31)26-24(29)33)8-11-37-40(25,34)28-9-10-28;1-2-3-1/h3-7,14,16,18-19,21,30H,9-10,12-13,15H2,1-2H3,(H2,25,34)(H,27,35)(H,26,31,33);1-3H2/t16-,18?,19?,21-,40?,41?;/m0./s1. The Morgan fingerprint density at radius 3 is 2.48 bits per heavy atom. The molecule has 4 unspecified atom stereocenters. The zero-order valence-corrected chi connectivity index (χ0v) is 26.2. The molecule has 2 heterocycles. The van der Waals surface area contributed by atoms with E-state index in [0.717, 1.165) is 0 Å². The van der Waals surface area contributed by atoms with Gasteiger partial charge in [0.25, 0.3) is 5.56 Å². The molecule has 17 heteroatoms. The molecule has 6 atom stereocenters. The van der Waals surface area contributed by atoms with Crippen LogP contribution < -0.4 is 26.4 Å². The van der Waals surface area contributed by atoms with Crippen molar-refractivity contribution in [3.8, 4) is 17.8 Å². The van der Waals surface area contributed by atoms with E-state index in [1.165, 1.54) is 48.7 Å².